The van der Waals surface area contributed by atoms with Gasteiger partial charge in [0.05, 0.1) is 11.4 Å². The average Bonchev–Trinajstić information content (AvgIpc) is 3.26. The smallest absolute Gasteiger partial charge is 0.291 e. The second-order valence-electron chi connectivity index (χ2n) is 7.76. The number of furan rings is 1. The number of amides is 2. The van der Waals surface area contributed by atoms with Crippen LogP contribution in [0.15, 0.2) is 59.0 Å². The highest BCUT2D eigenvalue weighted by molar-refractivity contribution is 6.05. The normalized spacial score (nSPS) is 13.9. The molecule has 1 fully saturated rings. The molecule has 2 heterocycles. The predicted octanol–water partition coefficient (Wildman–Crippen LogP) is 3.57. The van der Waals surface area contributed by atoms with E-state index >= 15 is 0 Å². The number of hydrogen-bond acceptors (Lipinski definition) is 5. The van der Waals surface area contributed by atoms with Crippen molar-refractivity contribution in [1.82, 2.24) is 0 Å². The highest BCUT2D eigenvalue weighted by atomic mass is 16.4. The van der Waals surface area contributed by atoms with E-state index in [-0.39, 0.29) is 11.5 Å². The van der Waals surface area contributed by atoms with Gasteiger partial charge in [0.1, 0.15) is 0 Å². The molecule has 4 rings (SSSR count). The first-order valence-electron chi connectivity index (χ1n) is 10.3. The minimum Gasteiger partial charge on any atom is -0.446 e. The van der Waals surface area contributed by atoms with Gasteiger partial charge in [-0.3, -0.25) is 9.59 Å². The van der Waals surface area contributed by atoms with E-state index in [1.165, 1.54) is 23.4 Å². The van der Waals surface area contributed by atoms with Crippen LogP contribution >= 0.6 is 0 Å². The molecule has 0 unspecified atom stereocenters. The highest BCUT2D eigenvalue weighted by Gasteiger charge is 2.22. The number of aryl methyl sites for hydroxylation is 2. The van der Waals surface area contributed by atoms with E-state index in [0.29, 0.717) is 5.69 Å². The number of piperazine rings is 1. The first kappa shape index (κ1) is 20.5. The summed E-state index contributed by atoms with van der Waals surface area (Å²) in [4.78, 5) is 28.6. The summed E-state index contributed by atoms with van der Waals surface area (Å²) in [6.45, 7) is 7.58. The summed E-state index contributed by atoms with van der Waals surface area (Å²) in [5.74, 6) is -1.12. The van der Waals surface area contributed by atoms with Crippen LogP contribution in [0.1, 0.15) is 32.2 Å². The largest absolute Gasteiger partial charge is 0.446 e. The third kappa shape index (κ3) is 4.40. The van der Waals surface area contributed by atoms with Gasteiger partial charge in [-0.25, -0.2) is 0 Å². The number of nitrogens with one attached hydrogen (secondary N) is 1. The van der Waals surface area contributed by atoms with E-state index in [0.717, 1.165) is 37.4 Å². The Hall–Kier alpha value is -3.74. The fraction of sp³-hybridized carbons (Fsp3) is 0.250. The zero-order chi connectivity index (χ0) is 22.0. The summed E-state index contributed by atoms with van der Waals surface area (Å²) in [6.07, 6.45) is 0. The van der Waals surface area contributed by atoms with E-state index in [2.05, 4.69) is 46.3 Å². The van der Waals surface area contributed by atoms with E-state index in [1.807, 2.05) is 25.1 Å². The molecule has 0 aliphatic carbocycles. The molecule has 1 aliphatic heterocycles. The van der Waals surface area contributed by atoms with Crippen molar-refractivity contribution in [1.29, 1.82) is 0 Å². The van der Waals surface area contributed by atoms with Gasteiger partial charge in [-0.15, -0.1) is 0 Å². The summed E-state index contributed by atoms with van der Waals surface area (Å²) in [6, 6.07) is 17.3. The minimum atomic E-state index is -0.707. The molecule has 0 saturated carbocycles. The zero-order valence-electron chi connectivity index (χ0n) is 17.7. The Morgan fingerprint density at radius 3 is 2.16 bits per heavy atom. The number of nitrogens with two attached hydrogens (primary N) is 1. The summed E-state index contributed by atoms with van der Waals surface area (Å²) in [5, 5.41) is 2.93. The lowest BCUT2D eigenvalue weighted by Crippen LogP contribution is -2.47. The Balaban J connectivity index is 1.50. The van der Waals surface area contributed by atoms with Gasteiger partial charge in [0.15, 0.2) is 11.5 Å². The SMILES string of the molecule is Cc1ccc(N2CCN(c3ccccc3C)CC2)c(NC(=O)c2ccc(C(N)=O)o2)c1. The molecule has 31 heavy (non-hydrogen) atoms. The predicted molar refractivity (Wildman–Crippen MR) is 122 cm³/mol. The van der Waals surface area contributed by atoms with Crippen LogP contribution in [0.25, 0.3) is 0 Å². The van der Waals surface area contributed by atoms with Crippen molar-refractivity contribution >= 4 is 28.9 Å². The number of carbonyl (C=O) groups excluding carboxylic acids is 2. The summed E-state index contributed by atoms with van der Waals surface area (Å²) >= 11 is 0. The Morgan fingerprint density at radius 2 is 1.52 bits per heavy atom. The Bertz CT molecular complexity index is 1110. The summed E-state index contributed by atoms with van der Waals surface area (Å²) in [5.41, 5.74) is 10.5. The molecule has 3 N–H and O–H groups in total. The number of hydrogen-bond donors (Lipinski definition) is 2. The molecule has 160 valence electrons. The summed E-state index contributed by atoms with van der Waals surface area (Å²) in [7, 11) is 0. The number of benzene rings is 2. The first-order chi connectivity index (χ1) is 14.9. The van der Waals surface area contributed by atoms with E-state index in [9.17, 15) is 9.59 Å². The van der Waals surface area contributed by atoms with Crippen molar-refractivity contribution < 1.29 is 14.0 Å². The van der Waals surface area contributed by atoms with Gasteiger partial charge in [-0.05, 0) is 55.3 Å². The molecule has 2 amide bonds. The van der Waals surface area contributed by atoms with Crippen molar-refractivity contribution in [2.24, 2.45) is 5.73 Å². The van der Waals surface area contributed by atoms with Crippen LogP contribution < -0.4 is 20.9 Å². The van der Waals surface area contributed by atoms with Gasteiger partial charge in [-0.2, -0.15) is 0 Å². The standard InChI is InChI=1S/C24H26N4O3/c1-16-7-8-20(18(15-16)26-24(30)22-10-9-21(31-22)23(25)29)28-13-11-27(12-14-28)19-6-4-3-5-17(19)2/h3-10,15H,11-14H2,1-2H3,(H2,25,29)(H,26,30). The number of rotatable bonds is 5. The van der Waals surface area contributed by atoms with Gasteiger partial charge in [-0.1, -0.05) is 24.3 Å². The Kier molecular flexibility index (Phi) is 5.66. The van der Waals surface area contributed by atoms with Crippen molar-refractivity contribution in [3.8, 4) is 0 Å². The maximum absolute atomic E-state index is 12.7. The van der Waals surface area contributed by atoms with Gasteiger partial charge in [0.25, 0.3) is 11.8 Å². The van der Waals surface area contributed by atoms with Crippen LogP contribution in [0.4, 0.5) is 17.1 Å². The molecule has 1 saturated heterocycles. The van der Waals surface area contributed by atoms with Crippen molar-refractivity contribution in [3.63, 3.8) is 0 Å². The molecule has 0 bridgehead atoms. The number of para-hydroxylation sites is 1. The fourth-order valence-corrected chi connectivity index (χ4v) is 3.91. The van der Waals surface area contributed by atoms with Crippen molar-refractivity contribution in [2.75, 3.05) is 41.3 Å². The molecule has 0 radical (unpaired) electrons. The number of primary amides is 1. The monoisotopic (exact) mass is 418 g/mol. The van der Waals surface area contributed by atoms with Crippen LogP contribution in [0.3, 0.4) is 0 Å². The van der Waals surface area contributed by atoms with E-state index < -0.39 is 11.8 Å². The molecule has 0 atom stereocenters. The van der Waals surface area contributed by atoms with Crippen LogP contribution in [0.5, 0.6) is 0 Å². The van der Waals surface area contributed by atoms with Gasteiger partial charge >= 0.3 is 0 Å². The summed E-state index contributed by atoms with van der Waals surface area (Å²) < 4.78 is 5.26. The third-order valence-electron chi connectivity index (χ3n) is 5.55. The minimum absolute atomic E-state index is 0.0399. The number of anilines is 3. The van der Waals surface area contributed by atoms with Crippen molar-refractivity contribution in [2.45, 2.75) is 13.8 Å². The molecule has 0 spiro atoms. The van der Waals surface area contributed by atoms with Gasteiger partial charge in [0.2, 0.25) is 0 Å². The van der Waals surface area contributed by atoms with Crippen LogP contribution in [0, 0.1) is 13.8 Å². The lowest BCUT2D eigenvalue weighted by atomic mass is 10.1. The maximum Gasteiger partial charge on any atom is 0.291 e. The lowest BCUT2D eigenvalue weighted by Gasteiger charge is -2.38. The first-order valence-corrected chi connectivity index (χ1v) is 10.3. The fourth-order valence-electron chi connectivity index (χ4n) is 3.91. The maximum atomic E-state index is 12.7. The molecule has 2 aromatic carbocycles. The zero-order valence-corrected chi connectivity index (χ0v) is 17.7. The quantitative estimate of drug-likeness (QED) is 0.661. The molecule has 3 aromatic rings. The lowest BCUT2D eigenvalue weighted by molar-refractivity contribution is 0.0960. The number of carbonyl (C=O) groups is 2. The Morgan fingerprint density at radius 1 is 0.871 bits per heavy atom. The third-order valence-corrected chi connectivity index (χ3v) is 5.55. The second-order valence-corrected chi connectivity index (χ2v) is 7.76. The Labute approximate surface area is 181 Å². The molecule has 1 aliphatic rings. The van der Waals surface area contributed by atoms with E-state index in [1.54, 1.807) is 0 Å². The van der Waals surface area contributed by atoms with Crippen LogP contribution in [-0.4, -0.2) is 38.0 Å². The van der Waals surface area contributed by atoms with E-state index in [4.69, 9.17) is 10.2 Å². The molecule has 7 nitrogen and oxygen atoms in total. The molecular weight excluding hydrogens is 392 g/mol. The molecule has 1 aromatic heterocycles. The number of nitrogens with zero attached hydrogens (tertiary/aromatic N) is 2. The second kappa shape index (κ2) is 8.55. The van der Waals surface area contributed by atoms with Crippen LogP contribution in [-0.2, 0) is 0 Å². The highest BCUT2D eigenvalue weighted by Crippen LogP contribution is 2.30. The molecule has 7 heteroatoms. The van der Waals surface area contributed by atoms with Gasteiger partial charge < -0.3 is 25.3 Å². The van der Waals surface area contributed by atoms with Crippen LogP contribution in [0.2, 0.25) is 0 Å². The molecular formula is C24H26N4O3. The van der Waals surface area contributed by atoms with Crippen molar-refractivity contribution in [3.05, 3.63) is 77.2 Å². The van der Waals surface area contributed by atoms with Gasteiger partial charge in [0, 0.05) is 31.9 Å². The average molecular weight is 418 g/mol. The topological polar surface area (TPSA) is 91.8 Å².